The number of fused-ring (bicyclic) bond motifs is 1. The third kappa shape index (κ3) is 2.82. The van der Waals surface area contributed by atoms with E-state index >= 15 is 0 Å². The molecule has 0 radical (unpaired) electrons. The molecule has 0 atom stereocenters. The average Bonchev–Trinajstić information content (AvgIpc) is 2.82. The summed E-state index contributed by atoms with van der Waals surface area (Å²) in [4.78, 5) is 11.7. The first-order valence-corrected chi connectivity index (χ1v) is 9.45. The molecule has 3 heteroatoms. The van der Waals surface area contributed by atoms with Gasteiger partial charge in [-0.2, -0.15) is 0 Å². The molecule has 0 aliphatic carbocycles. The molecule has 100 valence electrons. The predicted octanol–water partition coefficient (Wildman–Crippen LogP) is 4.68. The molecule has 2 aromatic rings. The van der Waals surface area contributed by atoms with Gasteiger partial charge in [-0.3, -0.25) is 0 Å². The van der Waals surface area contributed by atoms with Crippen LogP contribution in [-0.4, -0.2) is 5.97 Å². The van der Waals surface area contributed by atoms with Gasteiger partial charge in [-0.1, -0.05) is 0 Å². The van der Waals surface area contributed by atoms with Crippen molar-refractivity contribution in [1.29, 1.82) is 0 Å². The molecule has 0 saturated heterocycles. The van der Waals surface area contributed by atoms with Crippen LogP contribution in [0.2, 0.25) is 0 Å². The van der Waals surface area contributed by atoms with Gasteiger partial charge in [0.15, 0.2) is 0 Å². The standard InChI is InChI=1S/C17H13IO2/c19-17-15-11-4-5-12-16(15)18(20-17)13-7-6-10-14-8-2-1-3-9-14/h1-13H/b10-6+,13-7+. The van der Waals surface area contributed by atoms with Crippen molar-refractivity contribution in [2.24, 2.45) is 0 Å². The number of hydrogen-bond acceptors (Lipinski definition) is 2. The van der Waals surface area contributed by atoms with Crippen LogP contribution in [0, 0.1) is 3.57 Å². The summed E-state index contributed by atoms with van der Waals surface area (Å²) < 4.78 is 8.62. The van der Waals surface area contributed by atoms with Crippen LogP contribution in [0.5, 0.6) is 0 Å². The fourth-order valence-electron chi connectivity index (χ4n) is 1.88. The SMILES string of the molecule is O=C1OI(/C=C/C=C/c2ccccc2)c2ccccc21. The van der Waals surface area contributed by atoms with E-state index in [0.717, 1.165) is 14.7 Å². The van der Waals surface area contributed by atoms with E-state index in [1.54, 1.807) is 0 Å². The number of benzene rings is 2. The minimum atomic E-state index is -1.93. The van der Waals surface area contributed by atoms with Crippen LogP contribution in [0.1, 0.15) is 15.9 Å². The van der Waals surface area contributed by atoms with E-state index in [1.165, 1.54) is 0 Å². The van der Waals surface area contributed by atoms with Crippen molar-refractivity contribution in [2.75, 3.05) is 0 Å². The average molecular weight is 376 g/mol. The zero-order valence-electron chi connectivity index (χ0n) is 10.7. The Kier molecular flexibility index (Phi) is 3.97. The summed E-state index contributed by atoms with van der Waals surface area (Å²) in [6, 6.07) is 17.8. The summed E-state index contributed by atoms with van der Waals surface area (Å²) in [7, 11) is 0. The first-order valence-electron chi connectivity index (χ1n) is 6.25. The van der Waals surface area contributed by atoms with Crippen LogP contribution in [-0.2, 0) is 3.07 Å². The molecule has 1 aliphatic heterocycles. The molecule has 3 rings (SSSR count). The molecule has 0 aromatic heterocycles. The first-order chi connectivity index (χ1) is 9.84. The third-order valence-electron chi connectivity index (χ3n) is 2.83. The van der Waals surface area contributed by atoms with E-state index in [2.05, 4.69) is 0 Å². The van der Waals surface area contributed by atoms with E-state index < -0.39 is 20.2 Å². The molecule has 0 N–H and O–H groups in total. The van der Waals surface area contributed by atoms with Crippen molar-refractivity contribution in [1.82, 2.24) is 0 Å². The zero-order chi connectivity index (χ0) is 13.8. The van der Waals surface area contributed by atoms with Crippen LogP contribution in [0.15, 0.2) is 70.8 Å². The van der Waals surface area contributed by atoms with Crippen molar-refractivity contribution in [3.05, 3.63) is 85.5 Å². The van der Waals surface area contributed by atoms with Crippen molar-refractivity contribution in [2.45, 2.75) is 0 Å². The van der Waals surface area contributed by atoms with Gasteiger partial charge in [-0.15, -0.1) is 0 Å². The van der Waals surface area contributed by atoms with Gasteiger partial charge < -0.3 is 0 Å². The molecule has 20 heavy (non-hydrogen) atoms. The molecule has 2 nitrogen and oxygen atoms in total. The van der Waals surface area contributed by atoms with Gasteiger partial charge in [0.2, 0.25) is 0 Å². The summed E-state index contributed by atoms with van der Waals surface area (Å²) in [5.74, 6) is -0.178. The summed E-state index contributed by atoms with van der Waals surface area (Å²) in [5, 5.41) is 0. The van der Waals surface area contributed by atoms with Crippen LogP contribution in [0.3, 0.4) is 0 Å². The van der Waals surface area contributed by atoms with Gasteiger partial charge >= 0.3 is 126 Å². The van der Waals surface area contributed by atoms with Gasteiger partial charge in [-0.25, -0.2) is 0 Å². The van der Waals surface area contributed by atoms with E-state index in [1.807, 2.05) is 76.9 Å². The van der Waals surface area contributed by atoms with E-state index in [9.17, 15) is 4.79 Å². The molecule has 0 saturated carbocycles. The Bertz CT molecular complexity index is 674. The summed E-state index contributed by atoms with van der Waals surface area (Å²) in [6.45, 7) is 0. The quantitative estimate of drug-likeness (QED) is 0.575. The van der Waals surface area contributed by atoms with E-state index in [4.69, 9.17) is 3.07 Å². The Hall–Kier alpha value is -1.88. The molecular weight excluding hydrogens is 363 g/mol. The van der Waals surface area contributed by atoms with Crippen LogP contribution in [0.25, 0.3) is 6.08 Å². The van der Waals surface area contributed by atoms with Gasteiger partial charge in [0, 0.05) is 0 Å². The Morgan fingerprint density at radius 1 is 0.900 bits per heavy atom. The summed E-state index contributed by atoms with van der Waals surface area (Å²) in [5.41, 5.74) is 1.89. The Labute approximate surface area is 125 Å². The summed E-state index contributed by atoms with van der Waals surface area (Å²) >= 11 is -1.93. The van der Waals surface area contributed by atoms with Crippen molar-refractivity contribution >= 4 is 32.3 Å². The third-order valence-corrected chi connectivity index (χ3v) is 6.86. The minimum absolute atomic E-state index is 0.178. The van der Waals surface area contributed by atoms with Crippen molar-refractivity contribution in [3.63, 3.8) is 0 Å². The normalized spacial score (nSPS) is 15.8. The molecule has 0 amide bonds. The van der Waals surface area contributed by atoms with Crippen molar-refractivity contribution < 1.29 is 7.86 Å². The number of allylic oxidation sites excluding steroid dienone is 2. The molecule has 1 aliphatic rings. The zero-order valence-corrected chi connectivity index (χ0v) is 12.9. The fraction of sp³-hybridized carbons (Fsp3) is 0. The predicted molar refractivity (Wildman–Crippen MR) is 89.2 cm³/mol. The van der Waals surface area contributed by atoms with Gasteiger partial charge in [0.1, 0.15) is 0 Å². The number of halogens is 1. The number of carbonyl (C=O) groups excluding carboxylic acids is 1. The van der Waals surface area contributed by atoms with Gasteiger partial charge in [0.25, 0.3) is 0 Å². The topological polar surface area (TPSA) is 26.3 Å². The van der Waals surface area contributed by atoms with E-state index in [0.29, 0.717) is 0 Å². The monoisotopic (exact) mass is 376 g/mol. The molecule has 0 fully saturated rings. The molecule has 0 spiro atoms. The summed E-state index contributed by atoms with van der Waals surface area (Å²) in [6.07, 6.45) is 6.01. The van der Waals surface area contributed by atoms with Gasteiger partial charge in [-0.05, 0) is 0 Å². The maximum absolute atomic E-state index is 11.7. The van der Waals surface area contributed by atoms with Crippen LogP contribution >= 0.6 is 20.2 Å². The van der Waals surface area contributed by atoms with E-state index in [-0.39, 0.29) is 5.97 Å². The number of hydrogen-bond donors (Lipinski definition) is 0. The van der Waals surface area contributed by atoms with Crippen LogP contribution in [0.4, 0.5) is 0 Å². The van der Waals surface area contributed by atoms with Gasteiger partial charge in [0.05, 0.1) is 0 Å². The second-order valence-electron chi connectivity index (χ2n) is 4.21. The Morgan fingerprint density at radius 2 is 1.65 bits per heavy atom. The molecule has 0 bridgehead atoms. The van der Waals surface area contributed by atoms with Crippen LogP contribution < -0.4 is 0 Å². The molecule has 0 unspecified atom stereocenters. The molecular formula is C17H13IO2. The molecule has 1 heterocycles. The second-order valence-corrected chi connectivity index (χ2v) is 8.10. The number of carbonyl (C=O) groups is 1. The second kappa shape index (κ2) is 6.05. The van der Waals surface area contributed by atoms with Crippen molar-refractivity contribution in [3.8, 4) is 0 Å². The Balaban J connectivity index is 1.72. The maximum atomic E-state index is 11.7. The fourth-order valence-corrected chi connectivity index (χ4v) is 5.47. The first kappa shape index (κ1) is 13.1. The molecule has 2 aromatic carbocycles. The Morgan fingerprint density at radius 3 is 2.50 bits per heavy atom. The number of rotatable bonds is 3.